The maximum Gasteiger partial charge on any atom is 0.222 e. The molecule has 2 fully saturated rings. The number of carbonyl (C=O) groups excluding carboxylic acids is 1. The van der Waals surface area contributed by atoms with Crippen LogP contribution in [-0.4, -0.2) is 36.5 Å². The fraction of sp³-hybridized carbons (Fsp3) is 0.941. The highest BCUT2D eigenvalue weighted by Gasteiger charge is 2.37. The minimum absolute atomic E-state index is 0.254. The Morgan fingerprint density at radius 2 is 2.05 bits per heavy atom. The van der Waals surface area contributed by atoms with Gasteiger partial charge in [-0.25, -0.2) is 0 Å². The zero-order chi connectivity index (χ0) is 14.8. The summed E-state index contributed by atoms with van der Waals surface area (Å²) in [5.41, 5.74) is 0.254. The largest absolute Gasteiger partial charge is 0.342 e. The topological polar surface area (TPSA) is 32.3 Å². The average Bonchev–Trinajstić information content (AvgIpc) is 2.93. The van der Waals surface area contributed by atoms with Crippen LogP contribution < -0.4 is 5.32 Å². The molecule has 3 nitrogen and oxygen atoms in total. The van der Waals surface area contributed by atoms with Gasteiger partial charge < -0.3 is 10.2 Å². The highest BCUT2D eigenvalue weighted by molar-refractivity contribution is 5.78. The van der Waals surface area contributed by atoms with Crippen LogP contribution in [0.15, 0.2) is 0 Å². The molecule has 1 aliphatic carbocycles. The molecule has 0 spiro atoms. The van der Waals surface area contributed by atoms with Gasteiger partial charge in [0.25, 0.3) is 0 Å². The van der Waals surface area contributed by atoms with Crippen molar-refractivity contribution >= 4 is 5.91 Å². The number of rotatable bonds is 5. The van der Waals surface area contributed by atoms with Crippen molar-refractivity contribution in [2.75, 3.05) is 19.6 Å². The molecule has 3 unspecified atom stereocenters. The van der Waals surface area contributed by atoms with Crippen LogP contribution in [0.3, 0.4) is 0 Å². The Morgan fingerprint density at radius 1 is 1.30 bits per heavy atom. The van der Waals surface area contributed by atoms with Gasteiger partial charge in [-0.1, -0.05) is 34.1 Å². The van der Waals surface area contributed by atoms with E-state index >= 15 is 0 Å². The first-order valence-electron chi connectivity index (χ1n) is 8.43. The Balaban J connectivity index is 1.81. The lowest BCUT2D eigenvalue weighted by atomic mass is 9.80. The Hall–Kier alpha value is -0.570. The van der Waals surface area contributed by atoms with Crippen LogP contribution >= 0.6 is 0 Å². The van der Waals surface area contributed by atoms with Crippen molar-refractivity contribution in [3.05, 3.63) is 0 Å². The van der Waals surface area contributed by atoms with Gasteiger partial charge in [0.15, 0.2) is 0 Å². The minimum Gasteiger partial charge on any atom is -0.342 e. The second-order valence-electron chi connectivity index (χ2n) is 7.75. The number of hydrogen-bond donors (Lipinski definition) is 1. The zero-order valence-corrected chi connectivity index (χ0v) is 13.7. The lowest BCUT2D eigenvalue weighted by molar-refractivity contribution is -0.127. The number of carbonyl (C=O) groups is 1. The van der Waals surface area contributed by atoms with Crippen LogP contribution in [0, 0.1) is 17.3 Å². The van der Waals surface area contributed by atoms with Crippen molar-refractivity contribution in [3.8, 4) is 0 Å². The predicted octanol–water partition coefficient (Wildman–Crippen LogP) is 3.05. The first-order chi connectivity index (χ1) is 9.41. The van der Waals surface area contributed by atoms with E-state index in [1.807, 2.05) is 0 Å². The molecule has 3 atom stereocenters. The summed E-state index contributed by atoms with van der Waals surface area (Å²) in [7, 11) is 0. The highest BCUT2D eigenvalue weighted by Crippen LogP contribution is 2.35. The third kappa shape index (κ3) is 3.75. The van der Waals surface area contributed by atoms with Crippen LogP contribution in [0.2, 0.25) is 0 Å². The molecule has 2 rings (SSSR count). The molecule has 3 heteroatoms. The van der Waals surface area contributed by atoms with Gasteiger partial charge in [-0.05, 0) is 43.1 Å². The first kappa shape index (κ1) is 15.8. The van der Waals surface area contributed by atoms with Crippen LogP contribution in [0.1, 0.15) is 59.8 Å². The molecule has 1 amide bonds. The van der Waals surface area contributed by atoms with Crippen molar-refractivity contribution < 1.29 is 4.79 Å². The van der Waals surface area contributed by atoms with Gasteiger partial charge in [0.1, 0.15) is 0 Å². The Labute approximate surface area is 124 Å². The summed E-state index contributed by atoms with van der Waals surface area (Å²) in [6, 6.07) is 0.691. The van der Waals surface area contributed by atoms with Gasteiger partial charge in [0.05, 0.1) is 0 Å². The van der Waals surface area contributed by atoms with E-state index in [1.54, 1.807) is 0 Å². The van der Waals surface area contributed by atoms with E-state index in [9.17, 15) is 4.79 Å². The molecule has 0 radical (unpaired) electrons. The second-order valence-corrected chi connectivity index (χ2v) is 7.75. The van der Waals surface area contributed by atoms with Crippen molar-refractivity contribution in [2.24, 2.45) is 17.3 Å². The molecule has 1 heterocycles. The lowest BCUT2D eigenvalue weighted by Gasteiger charge is -2.27. The van der Waals surface area contributed by atoms with Crippen molar-refractivity contribution in [1.82, 2.24) is 10.2 Å². The van der Waals surface area contributed by atoms with E-state index < -0.39 is 0 Å². The van der Waals surface area contributed by atoms with Crippen LogP contribution in [0.5, 0.6) is 0 Å². The van der Waals surface area contributed by atoms with E-state index in [2.05, 4.69) is 37.9 Å². The molecule has 1 saturated heterocycles. The molecule has 0 aromatic carbocycles. The predicted molar refractivity (Wildman–Crippen MR) is 83.6 cm³/mol. The number of amides is 1. The van der Waals surface area contributed by atoms with E-state index in [0.29, 0.717) is 17.9 Å². The van der Waals surface area contributed by atoms with Gasteiger partial charge in [0.2, 0.25) is 5.91 Å². The Kier molecular flexibility index (Phi) is 5.11. The maximum absolute atomic E-state index is 12.2. The van der Waals surface area contributed by atoms with Gasteiger partial charge in [0, 0.05) is 25.6 Å². The van der Waals surface area contributed by atoms with E-state index in [0.717, 1.165) is 32.0 Å². The molecule has 20 heavy (non-hydrogen) atoms. The van der Waals surface area contributed by atoms with E-state index in [-0.39, 0.29) is 5.41 Å². The normalized spacial score (nSPS) is 31.3. The standard InChI is InChI=1S/C17H32N2O/c1-5-18-15-8-6-7-13(15)9-10-19-12-14(11-16(19)20)17(2,3)4/h13-15,18H,5-12H2,1-4H3. The number of nitrogens with one attached hydrogen (secondary N) is 1. The SMILES string of the molecule is CCNC1CCCC1CCN1CC(C(C)(C)C)CC1=O. The summed E-state index contributed by atoms with van der Waals surface area (Å²) in [5.74, 6) is 1.68. The van der Waals surface area contributed by atoms with Crippen molar-refractivity contribution in [3.63, 3.8) is 0 Å². The molecular formula is C17H32N2O. The lowest BCUT2D eigenvalue weighted by Crippen LogP contribution is -2.35. The molecule has 2 aliphatic rings. The molecule has 0 bridgehead atoms. The third-order valence-corrected chi connectivity index (χ3v) is 5.33. The Bertz CT molecular complexity index is 334. The Morgan fingerprint density at radius 3 is 2.65 bits per heavy atom. The summed E-state index contributed by atoms with van der Waals surface area (Å²) in [6.45, 7) is 12.0. The molecule has 1 N–H and O–H groups in total. The smallest absolute Gasteiger partial charge is 0.222 e. The van der Waals surface area contributed by atoms with Crippen LogP contribution in [-0.2, 0) is 4.79 Å². The number of nitrogens with zero attached hydrogens (tertiary/aromatic N) is 1. The summed E-state index contributed by atoms with van der Waals surface area (Å²) < 4.78 is 0. The average molecular weight is 280 g/mol. The summed E-state index contributed by atoms with van der Waals surface area (Å²) in [6.07, 6.45) is 5.94. The molecule has 1 saturated carbocycles. The van der Waals surface area contributed by atoms with Gasteiger partial charge >= 0.3 is 0 Å². The number of hydrogen-bond acceptors (Lipinski definition) is 2. The molecule has 0 aromatic heterocycles. The quantitative estimate of drug-likeness (QED) is 0.839. The minimum atomic E-state index is 0.254. The maximum atomic E-state index is 12.2. The number of likely N-dealkylation sites (tertiary alicyclic amines) is 1. The molecular weight excluding hydrogens is 248 g/mol. The second kappa shape index (κ2) is 6.46. The monoisotopic (exact) mass is 280 g/mol. The van der Waals surface area contributed by atoms with Gasteiger partial charge in [-0.15, -0.1) is 0 Å². The molecule has 0 aromatic rings. The van der Waals surface area contributed by atoms with Crippen molar-refractivity contribution in [1.29, 1.82) is 0 Å². The van der Waals surface area contributed by atoms with Gasteiger partial charge in [-0.2, -0.15) is 0 Å². The van der Waals surface area contributed by atoms with Gasteiger partial charge in [-0.3, -0.25) is 4.79 Å². The summed E-state index contributed by atoms with van der Waals surface area (Å²) >= 11 is 0. The first-order valence-corrected chi connectivity index (χ1v) is 8.43. The highest BCUT2D eigenvalue weighted by atomic mass is 16.2. The zero-order valence-electron chi connectivity index (χ0n) is 13.7. The third-order valence-electron chi connectivity index (χ3n) is 5.33. The van der Waals surface area contributed by atoms with Crippen LogP contribution in [0.25, 0.3) is 0 Å². The van der Waals surface area contributed by atoms with E-state index in [4.69, 9.17) is 0 Å². The van der Waals surface area contributed by atoms with Crippen LogP contribution in [0.4, 0.5) is 0 Å². The summed E-state index contributed by atoms with van der Waals surface area (Å²) in [5, 5.41) is 3.61. The fourth-order valence-corrected chi connectivity index (χ4v) is 3.80. The molecule has 1 aliphatic heterocycles. The fourth-order valence-electron chi connectivity index (χ4n) is 3.80. The molecule has 116 valence electrons. The van der Waals surface area contributed by atoms with E-state index in [1.165, 1.54) is 25.7 Å². The van der Waals surface area contributed by atoms with Crippen molar-refractivity contribution in [2.45, 2.75) is 65.8 Å². The summed E-state index contributed by atoms with van der Waals surface area (Å²) in [4.78, 5) is 14.3.